The third kappa shape index (κ3) is 2.54. The summed E-state index contributed by atoms with van der Waals surface area (Å²) in [5.74, 6) is -0.0163. The van der Waals surface area contributed by atoms with Gasteiger partial charge in [0.2, 0.25) is 0 Å². The molecule has 0 unspecified atom stereocenters. The molecule has 0 aliphatic rings. The summed E-state index contributed by atoms with van der Waals surface area (Å²) in [5, 5.41) is 27.8. The third-order valence-corrected chi connectivity index (χ3v) is 3.19. The number of aryl methyl sites for hydroxylation is 1. The number of azo groups is 1. The Kier molecular flexibility index (Phi) is 3.34. The molecule has 6 nitrogen and oxygen atoms in total. The zero-order valence-electron chi connectivity index (χ0n) is 11.6. The van der Waals surface area contributed by atoms with Gasteiger partial charge in [0.25, 0.3) is 0 Å². The van der Waals surface area contributed by atoms with E-state index in [-0.39, 0.29) is 22.8 Å². The van der Waals surface area contributed by atoms with Crippen LogP contribution in [0.4, 0.5) is 11.4 Å². The molecular weight excluding hydrogens is 284 g/mol. The van der Waals surface area contributed by atoms with Crippen molar-refractivity contribution in [1.82, 2.24) is 0 Å². The first-order chi connectivity index (χ1) is 10.5. The summed E-state index contributed by atoms with van der Waals surface area (Å²) in [4.78, 5) is 11.5. The summed E-state index contributed by atoms with van der Waals surface area (Å²) in [6, 6.07) is 10.6. The van der Waals surface area contributed by atoms with E-state index < -0.39 is 5.63 Å². The number of hydrogen-bond acceptors (Lipinski definition) is 6. The molecule has 2 N–H and O–H groups in total. The van der Waals surface area contributed by atoms with E-state index in [2.05, 4.69) is 10.2 Å². The Labute approximate surface area is 125 Å². The maximum Gasteiger partial charge on any atom is 0.336 e. The number of phenols is 2. The van der Waals surface area contributed by atoms with E-state index in [4.69, 9.17) is 4.42 Å². The molecule has 1 heterocycles. The third-order valence-electron chi connectivity index (χ3n) is 3.19. The fourth-order valence-corrected chi connectivity index (χ4v) is 2.08. The van der Waals surface area contributed by atoms with Crippen molar-refractivity contribution in [1.29, 1.82) is 0 Å². The van der Waals surface area contributed by atoms with Crippen LogP contribution >= 0.6 is 0 Å². The second kappa shape index (κ2) is 5.33. The van der Waals surface area contributed by atoms with Crippen LogP contribution in [0.5, 0.6) is 11.5 Å². The molecule has 0 spiro atoms. The number of nitrogens with zero attached hydrogens (tertiary/aromatic N) is 2. The van der Waals surface area contributed by atoms with E-state index in [1.54, 1.807) is 25.1 Å². The summed E-state index contributed by atoms with van der Waals surface area (Å²) in [6.07, 6.45) is 0. The van der Waals surface area contributed by atoms with Crippen molar-refractivity contribution in [3.05, 3.63) is 58.4 Å². The topological polar surface area (TPSA) is 95.4 Å². The van der Waals surface area contributed by atoms with Gasteiger partial charge in [0.05, 0.1) is 5.69 Å². The lowest BCUT2D eigenvalue weighted by Gasteiger charge is -2.04. The van der Waals surface area contributed by atoms with Crippen molar-refractivity contribution in [2.45, 2.75) is 6.92 Å². The summed E-state index contributed by atoms with van der Waals surface area (Å²) >= 11 is 0. The van der Waals surface area contributed by atoms with Gasteiger partial charge in [0, 0.05) is 11.5 Å². The van der Waals surface area contributed by atoms with Gasteiger partial charge in [-0.3, -0.25) is 0 Å². The SMILES string of the molecule is Cc1cc(=O)oc2c(N=Nc3ccc(O)cc3)c(O)ccc12. The van der Waals surface area contributed by atoms with Gasteiger partial charge >= 0.3 is 5.63 Å². The van der Waals surface area contributed by atoms with E-state index in [1.807, 2.05) is 0 Å². The van der Waals surface area contributed by atoms with Crippen molar-refractivity contribution < 1.29 is 14.6 Å². The monoisotopic (exact) mass is 296 g/mol. The van der Waals surface area contributed by atoms with E-state index in [0.29, 0.717) is 11.1 Å². The Hall–Kier alpha value is -3.15. The average Bonchev–Trinajstić information content (AvgIpc) is 2.47. The molecule has 0 fully saturated rings. The largest absolute Gasteiger partial charge is 0.508 e. The molecule has 2 aromatic carbocycles. The second-order valence-electron chi connectivity index (χ2n) is 4.77. The number of hydrogen-bond donors (Lipinski definition) is 2. The minimum absolute atomic E-state index is 0.0892. The zero-order valence-corrected chi connectivity index (χ0v) is 11.6. The van der Waals surface area contributed by atoms with Crippen LogP contribution in [0.15, 0.2) is 61.9 Å². The average molecular weight is 296 g/mol. The molecule has 0 saturated carbocycles. The molecule has 0 bridgehead atoms. The van der Waals surface area contributed by atoms with Crippen LogP contribution in [0.25, 0.3) is 11.0 Å². The highest BCUT2D eigenvalue weighted by Crippen LogP contribution is 2.36. The van der Waals surface area contributed by atoms with E-state index in [0.717, 1.165) is 5.56 Å². The first-order valence-corrected chi connectivity index (χ1v) is 6.52. The Morgan fingerprint density at radius 2 is 1.73 bits per heavy atom. The standard InChI is InChI=1S/C16H12N2O4/c1-9-8-14(21)22-16-12(9)6-7-13(20)15(16)18-17-10-2-4-11(19)5-3-10/h2-8,19-20H,1H3. The van der Waals surface area contributed by atoms with Gasteiger partial charge in [-0.25, -0.2) is 4.79 Å². The normalized spacial score (nSPS) is 11.3. The lowest BCUT2D eigenvalue weighted by molar-refractivity contribution is 0.473. The van der Waals surface area contributed by atoms with Crippen molar-refractivity contribution in [3.63, 3.8) is 0 Å². The Bertz CT molecular complexity index is 927. The van der Waals surface area contributed by atoms with Gasteiger partial charge in [0.1, 0.15) is 11.5 Å². The number of aromatic hydroxyl groups is 2. The molecule has 22 heavy (non-hydrogen) atoms. The van der Waals surface area contributed by atoms with Gasteiger partial charge < -0.3 is 14.6 Å². The van der Waals surface area contributed by atoms with E-state index in [9.17, 15) is 15.0 Å². The van der Waals surface area contributed by atoms with Gasteiger partial charge in [-0.1, -0.05) is 0 Å². The molecule has 0 aliphatic heterocycles. The maximum absolute atomic E-state index is 11.5. The number of rotatable bonds is 2. The molecule has 110 valence electrons. The zero-order chi connectivity index (χ0) is 15.7. The van der Waals surface area contributed by atoms with Crippen molar-refractivity contribution in [2.75, 3.05) is 0 Å². The highest BCUT2D eigenvalue weighted by molar-refractivity contribution is 5.92. The highest BCUT2D eigenvalue weighted by Gasteiger charge is 2.11. The first kappa shape index (κ1) is 13.8. The molecule has 6 heteroatoms. The first-order valence-electron chi connectivity index (χ1n) is 6.52. The van der Waals surface area contributed by atoms with Crippen LogP contribution in [0.3, 0.4) is 0 Å². The van der Waals surface area contributed by atoms with Gasteiger partial charge in [0.15, 0.2) is 11.3 Å². The van der Waals surface area contributed by atoms with E-state index in [1.165, 1.54) is 24.3 Å². The highest BCUT2D eigenvalue weighted by atomic mass is 16.4. The van der Waals surface area contributed by atoms with Crippen LogP contribution in [0.2, 0.25) is 0 Å². The summed E-state index contributed by atoms with van der Waals surface area (Å²) < 4.78 is 5.15. The van der Waals surface area contributed by atoms with Gasteiger partial charge in [-0.05, 0) is 48.9 Å². The second-order valence-corrected chi connectivity index (χ2v) is 4.77. The molecule has 0 atom stereocenters. The molecule has 0 saturated heterocycles. The van der Waals surface area contributed by atoms with Gasteiger partial charge in [-0.2, -0.15) is 5.11 Å². The number of fused-ring (bicyclic) bond motifs is 1. The Balaban J connectivity index is 2.15. The summed E-state index contributed by atoms with van der Waals surface area (Å²) in [6.45, 7) is 1.77. The molecule has 3 rings (SSSR count). The van der Waals surface area contributed by atoms with Crippen molar-refractivity contribution in [3.8, 4) is 11.5 Å². The fourth-order valence-electron chi connectivity index (χ4n) is 2.08. The quantitative estimate of drug-likeness (QED) is 0.553. The van der Waals surface area contributed by atoms with Crippen LogP contribution in [0.1, 0.15) is 5.56 Å². The molecular formula is C16H12N2O4. The fraction of sp³-hybridized carbons (Fsp3) is 0.0625. The lowest BCUT2D eigenvalue weighted by Crippen LogP contribution is -1.97. The Morgan fingerprint density at radius 3 is 2.45 bits per heavy atom. The van der Waals surface area contributed by atoms with Crippen LogP contribution in [-0.4, -0.2) is 10.2 Å². The van der Waals surface area contributed by atoms with Crippen LogP contribution in [-0.2, 0) is 0 Å². The molecule has 0 radical (unpaired) electrons. The predicted octanol–water partition coefficient (Wildman–Crippen LogP) is 3.93. The molecule has 0 amide bonds. The number of benzene rings is 2. The molecule has 1 aromatic heterocycles. The van der Waals surface area contributed by atoms with Gasteiger partial charge in [-0.15, -0.1) is 5.11 Å². The smallest absolute Gasteiger partial charge is 0.336 e. The van der Waals surface area contributed by atoms with Crippen LogP contribution < -0.4 is 5.63 Å². The molecule has 0 aliphatic carbocycles. The predicted molar refractivity (Wildman–Crippen MR) is 81.2 cm³/mol. The van der Waals surface area contributed by atoms with Crippen molar-refractivity contribution >= 4 is 22.3 Å². The van der Waals surface area contributed by atoms with E-state index >= 15 is 0 Å². The summed E-state index contributed by atoms with van der Waals surface area (Å²) in [5.41, 5.74) is 0.979. The summed E-state index contributed by atoms with van der Waals surface area (Å²) in [7, 11) is 0. The minimum Gasteiger partial charge on any atom is -0.508 e. The minimum atomic E-state index is -0.517. The van der Waals surface area contributed by atoms with Crippen molar-refractivity contribution in [2.24, 2.45) is 10.2 Å². The maximum atomic E-state index is 11.5. The van der Waals surface area contributed by atoms with Crippen LogP contribution in [0, 0.1) is 6.92 Å². The Morgan fingerprint density at radius 1 is 1.00 bits per heavy atom. The number of phenolic OH excluding ortho intramolecular Hbond substituents is 2. The molecule has 3 aromatic rings. The lowest BCUT2D eigenvalue weighted by atomic mass is 10.1.